The SMILES string of the molecule is OOOSCCN1CCOCC1. The van der Waals surface area contributed by atoms with E-state index in [2.05, 4.69) is 14.3 Å². The maximum absolute atomic E-state index is 7.83. The van der Waals surface area contributed by atoms with Crippen molar-refractivity contribution in [2.75, 3.05) is 38.6 Å². The first-order chi connectivity index (χ1) is 5.93. The number of ether oxygens (including phenoxy) is 1. The summed E-state index contributed by atoms with van der Waals surface area (Å²) in [5.41, 5.74) is 0. The second-order valence-corrected chi connectivity index (χ2v) is 3.20. The molecule has 1 rings (SSSR count). The van der Waals surface area contributed by atoms with Crippen molar-refractivity contribution in [3.63, 3.8) is 0 Å². The summed E-state index contributed by atoms with van der Waals surface area (Å²) < 4.78 is 9.42. The molecule has 0 radical (unpaired) electrons. The van der Waals surface area contributed by atoms with Crippen LogP contribution in [-0.4, -0.2) is 48.8 Å². The first kappa shape index (κ1) is 10.2. The second kappa shape index (κ2) is 6.64. The topological polar surface area (TPSA) is 51.2 Å². The van der Waals surface area contributed by atoms with E-state index in [0.29, 0.717) is 0 Å². The molecule has 1 saturated heterocycles. The van der Waals surface area contributed by atoms with E-state index < -0.39 is 0 Å². The van der Waals surface area contributed by atoms with Gasteiger partial charge in [0, 0.05) is 37.4 Å². The number of rotatable bonds is 5. The molecule has 0 bridgehead atoms. The van der Waals surface area contributed by atoms with Crippen LogP contribution in [0.25, 0.3) is 0 Å². The number of hydrogen-bond donors (Lipinski definition) is 1. The lowest BCUT2D eigenvalue weighted by Crippen LogP contribution is -2.37. The summed E-state index contributed by atoms with van der Waals surface area (Å²) in [6.07, 6.45) is 0. The molecule has 1 heterocycles. The van der Waals surface area contributed by atoms with Gasteiger partial charge in [0.05, 0.1) is 13.2 Å². The van der Waals surface area contributed by atoms with E-state index in [9.17, 15) is 0 Å². The molecule has 0 aromatic heterocycles. The molecule has 1 aliphatic rings. The zero-order chi connectivity index (χ0) is 8.65. The Kier molecular flexibility index (Phi) is 5.66. The third kappa shape index (κ3) is 4.24. The molecule has 0 spiro atoms. The highest BCUT2D eigenvalue weighted by Gasteiger charge is 2.09. The van der Waals surface area contributed by atoms with Crippen molar-refractivity contribution in [2.24, 2.45) is 0 Å². The molecule has 12 heavy (non-hydrogen) atoms. The highest BCUT2D eigenvalue weighted by molar-refractivity contribution is 7.94. The molecule has 1 aliphatic heterocycles. The maximum Gasteiger partial charge on any atom is 0.0594 e. The summed E-state index contributed by atoms with van der Waals surface area (Å²) in [4.78, 5) is 2.28. The van der Waals surface area contributed by atoms with E-state index in [1.165, 1.54) is 0 Å². The van der Waals surface area contributed by atoms with Gasteiger partial charge in [-0.05, 0) is 0 Å². The molecule has 0 aliphatic carbocycles. The van der Waals surface area contributed by atoms with Crippen molar-refractivity contribution in [1.82, 2.24) is 4.90 Å². The fourth-order valence-electron chi connectivity index (χ4n) is 1.05. The lowest BCUT2D eigenvalue weighted by molar-refractivity contribution is -0.432. The van der Waals surface area contributed by atoms with Crippen molar-refractivity contribution in [2.45, 2.75) is 0 Å². The molecule has 72 valence electrons. The molecular weight excluding hydrogens is 182 g/mol. The number of nitrogens with zero attached hydrogens (tertiary/aromatic N) is 1. The van der Waals surface area contributed by atoms with Crippen LogP contribution in [-0.2, 0) is 14.1 Å². The van der Waals surface area contributed by atoms with Gasteiger partial charge in [-0.1, -0.05) is 5.04 Å². The Morgan fingerprint density at radius 2 is 2.17 bits per heavy atom. The van der Waals surface area contributed by atoms with Crippen molar-refractivity contribution in [3.8, 4) is 0 Å². The Hall–Kier alpha value is 0.150. The smallest absolute Gasteiger partial charge is 0.0594 e. The number of hydrogen-bond acceptors (Lipinski definition) is 6. The average molecular weight is 195 g/mol. The van der Waals surface area contributed by atoms with Crippen LogP contribution in [0.3, 0.4) is 0 Å². The highest BCUT2D eigenvalue weighted by Crippen LogP contribution is 2.04. The second-order valence-electron chi connectivity index (χ2n) is 2.42. The van der Waals surface area contributed by atoms with Gasteiger partial charge in [-0.2, -0.15) is 0 Å². The fraction of sp³-hybridized carbons (Fsp3) is 1.00. The summed E-state index contributed by atoms with van der Waals surface area (Å²) in [5, 5.41) is 11.3. The van der Waals surface area contributed by atoms with E-state index in [4.69, 9.17) is 9.99 Å². The van der Waals surface area contributed by atoms with Crippen LogP contribution in [0.15, 0.2) is 0 Å². The van der Waals surface area contributed by atoms with E-state index in [1.807, 2.05) is 0 Å². The molecule has 0 aromatic rings. The van der Waals surface area contributed by atoms with Crippen LogP contribution in [0.4, 0.5) is 0 Å². The van der Waals surface area contributed by atoms with E-state index >= 15 is 0 Å². The molecule has 0 unspecified atom stereocenters. The zero-order valence-electron chi connectivity index (χ0n) is 6.77. The summed E-state index contributed by atoms with van der Waals surface area (Å²) in [5.74, 6) is 0.778. The zero-order valence-corrected chi connectivity index (χ0v) is 7.59. The van der Waals surface area contributed by atoms with Crippen LogP contribution >= 0.6 is 12.0 Å². The Bertz CT molecular complexity index is 110. The van der Waals surface area contributed by atoms with E-state index in [1.54, 1.807) is 0 Å². The van der Waals surface area contributed by atoms with E-state index in [0.717, 1.165) is 50.6 Å². The van der Waals surface area contributed by atoms with Gasteiger partial charge in [-0.15, -0.1) is 4.33 Å². The van der Waals surface area contributed by atoms with Crippen LogP contribution in [0, 0.1) is 0 Å². The third-order valence-electron chi connectivity index (χ3n) is 1.67. The van der Waals surface area contributed by atoms with Gasteiger partial charge in [-0.25, -0.2) is 5.26 Å². The quantitative estimate of drug-likeness (QED) is 0.296. The first-order valence-corrected chi connectivity index (χ1v) is 4.74. The average Bonchev–Trinajstić information content (AvgIpc) is 2.14. The predicted molar refractivity (Wildman–Crippen MR) is 44.5 cm³/mol. The molecule has 1 fully saturated rings. The summed E-state index contributed by atoms with van der Waals surface area (Å²) in [6, 6.07) is 0. The first-order valence-electron chi connectivity index (χ1n) is 3.83. The van der Waals surface area contributed by atoms with Crippen molar-refractivity contribution in [3.05, 3.63) is 0 Å². The van der Waals surface area contributed by atoms with Crippen LogP contribution in [0.2, 0.25) is 0 Å². The molecular formula is C6H13NO4S. The molecule has 6 heteroatoms. The molecule has 0 amide bonds. The fourth-order valence-corrected chi connectivity index (χ4v) is 1.49. The van der Waals surface area contributed by atoms with Gasteiger partial charge in [0.25, 0.3) is 0 Å². The Morgan fingerprint density at radius 3 is 2.83 bits per heavy atom. The highest BCUT2D eigenvalue weighted by atomic mass is 32.2. The molecule has 0 saturated carbocycles. The van der Waals surface area contributed by atoms with Crippen LogP contribution in [0.5, 0.6) is 0 Å². The van der Waals surface area contributed by atoms with E-state index in [-0.39, 0.29) is 0 Å². The Morgan fingerprint density at radius 1 is 1.42 bits per heavy atom. The van der Waals surface area contributed by atoms with Gasteiger partial charge < -0.3 is 4.74 Å². The van der Waals surface area contributed by atoms with Gasteiger partial charge in [-0.3, -0.25) is 4.90 Å². The predicted octanol–water partition coefficient (Wildman–Crippen LogP) is 0.388. The normalized spacial score (nSPS) is 19.8. The minimum Gasteiger partial charge on any atom is -0.379 e. The lowest BCUT2D eigenvalue weighted by Gasteiger charge is -2.25. The van der Waals surface area contributed by atoms with Gasteiger partial charge in [0.15, 0.2) is 0 Å². The molecule has 1 N–H and O–H groups in total. The van der Waals surface area contributed by atoms with Gasteiger partial charge >= 0.3 is 0 Å². The molecule has 5 nitrogen and oxygen atoms in total. The summed E-state index contributed by atoms with van der Waals surface area (Å²) in [7, 11) is 0. The largest absolute Gasteiger partial charge is 0.379 e. The maximum atomic E-state index is 7.83. The third-order valence-corrected chi connectivity index (χ3v) is 2.18. The Labute approximate surface area is 75.6 Å². The molecule has 0 atom stereocenters. The van der Waals surface area contributed by atoms with Crippen molar-refractivity contribution >= 4 is 12.0 Å². The Balaban J connectivity index is 1.91. The number of morpholine rings is 1. The monoisotopic (exact) mass is 195 g/mol. The minimum atomic E-state index is 0.778. The van der Waals surface area contributed by atoms with Crippen molar-refractivity contribution < 1.29 is 19.4 Å². The van der Waals surface area contributed by atoms with Crippen LogP contribution < -0.4 is 0 Å². The van der Waals surface area contributed by atoms with Gasteiger partial charge in [0.1, 0.15) is 0 Å². The van der Waals surface area contributed by atoms with Crippen molar-refractivity contribution in [1.29, 1.82) is 0 Å². The summed E-state index contributed by atoms with van der Waals surface area (Å²) in [6.45, 7) is 4.49. The molecule has 0 aromatic carbocycles. The lowest BCUT2D eigenvalue weighted by atomic mass is 10.4. The minimum absolute atomic E-state index is 0.778. The summed E-state index contributed by atoms with van der Waals surface area (Å²) >= 11 is 1.09. The van der Waals surface area contributed by atoms with Gasteiger partial charge in [0.2, 0.25) is 0 Å². The standard InChI is InChI=1S/C6H13NO4S/c8-10-11-12-6-3-7-1-4-9-5-2-7/h8H,1-6H2. The van der Waals surface area contributed by atoms with Crippen LogP contribution in [0.1, 0.15) is 0 Å².